The number of thioether (sulfide) groups is 1. The predicted molar refractivity (Wildman–Crippen MR) is 150 cm³/mol. The van der Waals surface area contributed by atoms with Crippen LogP contribution >= 0.6 is 35.0 Å². The number of benzene rings is 3. The summed E-state index contributed by atoms with van der Waals surface area (Å²) in [5.74, 6) is -0.513. The number of rotatable bonds is 6. The van der Waals surface area contributed by atoms with Gasteiger partial charge in [-0.3, -0.25) is 9.59 Å². The number of hydrogen-bond acceptors (Lipinski definition) is 3. The minimum atomic E-state index is -0.671. The topological polar surface area (TPSA) is 49.4 Å². The molecule has 0 aromatic heterocycles. The highest BCUT2D eigenvalue weighted by molar-refractivity contribution is 7.99. The Kier molecular flexibility index (Phi) is 8.52. The van der Waals surface area contributed by atoms with Crippen LogP contribution in [0.25, 0.3) is 0 Å². The van der Waals surface area contributed by atoms with Gasteiger partial charge >= 0.3 is 0 Å². The van der Waals surface area contributed by atoms with Crippen molar-refractivity contribution in [2.45, 2.75) is 44.0 Å². The molecule has 1 aliphatic rings. The first-order valence-corrected chi connectivity index (χ1v) is 13.9. The zero-order chi connectivity index (χ0) is 26.7. The smallest absolute Gasteiger partial charge is 0.255 e. The van der Waals surface area contributed by atoms with Crippen molar-refractivity contribution in [3.05, 3.63) is 105 Å². The van der Waals surface area contributed by atoms with Crippen molar-refractivity contribution < 1.29 is 14.0 Å². The molecule has 4 rings (SSSR count). The first-order valence-electron chi connectivity index (χ1n) is 12.1. The lowest BCUT2D eigenvalue weighted by atomic mass is 9.86. The molecule has 3 aromatic rings. The molecule has 0 saturated carbocycles. The average Bonchev–Trinajstić information content (AvgIpc) is 3.30. The van der Waals surface area contributed by atoms with Gasteiger partial charge in [-0.2, -0.15) is 0 Å². The Hall–Kier alpha value is -2.54. The lowest BCUT2D eigenvalue weighted by Gasteiger charge is -2.29. The minimum Gasteiger partial charge on any atom is -0.354 e. The standard InChI is InChI=1S/C29H29Cl2FN2O2S/c1-29(2,3)21-9-4-20(5-10-21)28-34(27(36)19-7-12-23(32)13-8-19)25(17-37-28)26(35)33-15-14-18-6-11-22(30)16-24(18)31/h4-13,16,25,28H,14-15,17H2,1-3H3,(H,33,35). The zero-order valence-corrected chi connectivity index (χ0v) is 23.3. The third kappa shape index (κ3) is 6.49. The second-order valence-electron chi connectivity index (χ2n) is 10.1. The van der Waals surface area contributed by atoms with E-state index in [1.54, 1.807) is 28.8 Å². The molecule has 0 radical (unpaired) electrons. The van der Waals surface area contributed by atoms with Gasteiger partial charge in [-0.05, 0) is 64.9 Å². The maximum absolute atomic E-state index is 13.6. The van der Waals surface area contributed by atoms with E-state index in [1.165, 1.54) is 29.8 Å². The Labute approximate surface area is 231 Å². The van der Waals surface area contributed by atoms with E-state index in [2.05, 4.69) is 38.2 Å². The van der Waals surface area contributed by atoms with E-state index in [4.69, 9.17) is 23.2 Å². The molecule has 1 aliphatic heterocycles. The van der Waals surface area contributed by atoms with Crippen LogP contribution in [-0.4, -0.2) is 35.1 Å². The van der Waals surface area contributed by atoms with Gasteiger partial charge in [-0.1, -0.05) is 74.3 Å². The number of hydrogen-bond donors (Lipinski definition) is 1. The molecule has 1 fully saturated rings. The predicted octanol–water partition coefficient (Wildman–Crippen LogP) is 7.05. The maximum Gasteiger partial charge on any atom is 0.255 e. The average molecular weight is 560 g/mol. The first kappa shape index (κ1) is 27.5. The molecule has 3 aromatic carbocycles. The number of halogens is 3. The number of nitrogens with one attached hydrogen (secondary N) is 1. The summed E-state index contributed by atoms with van der Waals surface area (Å²) in [6.07, 6.45) is 0.533. The van der Waals surface area contributed by atoms with Crippen LogP contribution in [0.4, 0.5) is 4.39 Å². The van der Waals surface area contributed by atoms with Crippen molar-refractivity contribution in [1.29, 1.82) is 0 Å². The SMILES string of the molecule is CC(C)(C)c1ccc(C2SCC(C(=O)NCCc3ccc(Cl)cc3Cl)N2C(=O)c2ccc(F)cc2)cc1. The van der Waals surface area contributed by atoms with Crippen molar-refractivity contribution in [2.24, 2.45) is 0 Å². The summed E-state index contributed by atoms with van der Waals surface area (Å²) >= 11 is 13.8. The molecular weight excluding hydrogens is 530 g/mol. The van der Waals surface area contributed by atoms with E-state index in [-0.39, 0.29) is 22.6 Å². The summed E-state index contributed by atoms with van der Waals surface area (Å²) in [4.78, 5) is 28.6. The Morgan fingerprint density at radius 2 is 1.70 bits per heavy atom. The summed E-state index contributed by atoms with van der Waals surface area (Å²) in [5.41, 5.74) is 3.34. The number of amides is 2. The van der Waals surface area contributed by atoms with Gasteiger partial charge in [0.05, 0.1) is 0 Å². The molecule has 0 aliphatic carbocycles. The van der Waals surface area contributed by atoms with Crippen molar-refractivity contribution >= 4 is 46.8 Å². The summed E-state index contributed by atoms with van der Waals surface area (Å²) in [6, 6.07) is 18.2. The molecule has 0 spiro atoms. The van der Waals surface area contributed by atoms with Gasteiger partial charge in [-0.25, -0.2) is 4.39 Å². The van der Waals surface area contributed by atoms with Crippen LogP contribution in [0.3, 0.4) is 0 Å². The summed E-state index contributed by atoms with van der Waals surface area (Å²) < 4.78 is 13.5. The summed E-state index contributed by atoms with van der Waals surface area (Å²) in [5, 5.41) is 3.72. The van der Waals surface area contributed by atoms with Crippen LogP contribution in [-0.2, 0) is 16.6 Å². The van der Waals surface area contributed by atoms with Crippen LogP contribution in [0.5, 0.6) is 0 Å². The Morgan fingerprint density at radius 3 is 2.32 bits per heavy atom. The molecule has 2 atom stereocenters. The highest BCUT2D eigenvalue weighted by Gasteiger charge is 2.42. The van der Waals surface area contributed by atoms with Crippen LogP contribution in [0, 0.1) is 5.82 Å². The molecule has 1 N–H and O–H groups in total. The Bertz CT molecular complexity index is 1280. The normalized spacial score (nSPS) is 17.6. The molecule has 0 bridgehead atoms. The van der Waals surface area contributed by atoms with Gasteiger partial charge in [0.1, 0.15) is 17.2 Å². The minimum absolute atomic E-state index is 0.000368. The third-order valence-corrected chi connectivity index (χ3v) is 8.31. The number of nitrogens with zero attached hydrogens (tertiary/aromatic N) is 1. The lowest BCUT2D eigenvalue weighted by molar-refractivity contribution is -0.124. The summed E-state index contributed by atoms with van der Waals surface area (Å²) in [7, 11) is 0. The molecule has 194 valence electrons. The quantitative estimate of drug-likeness (QED) is 0.352. The highest BCUT2D eigenvalue weighted by Crippen LogP contribution is 2.42. The van der Waals surface area contributed by atoms with Crippen LogP contribution in [0.15, 0.2) is 66.7 Å². The summed E-state index contributed by atoms with van der Waals surface area (Å²) in [6.45, 7) is 6.81. The van der Waals surface area contributed by atoms with E-state index < -0.39 is 11.9 Å². The van der Waals surface area contributed by atoms with E-state index in [0.29, 0.717) is 34.3 Å². The van der Waals surface area contributed by atoms with Crippen molar-refractivity contribution in [1.82, 2.24) is 10.2 Å². The fourth-order valence-corrected chi connectivity index (χ4v) is 6.20. The zero-order valence-electron chi connectivity index (χ0n) is 20.9. The fourth-order valence-electron chi connectivity index (χ4n) is 4.27. The molecule has 4 nitrogen and oxygen atoms in total. The molecule has 37 heavy (non-hydrogen) atoms. The monoisotopic (exact) mass is 558 g/mol. The third-order valence-electron chi connectivity index (χ3n) is 6.40. The largest absolute Gasteiger partial charge is 0.354 e. The molecular formula is C29H29Cl2FN2O2S. The van der Waals surface area contributed by atoms with E-state index in [9.17, 15) is 14.0 Å². The highest BCUT2D eigenvalue weighted by atomic mass is 35.5. The fraction of sp³-hybridized carbons (Fsp3) is 0.310. The molecule has 1 heterocycles. The van der Waals surface area contributed by atoms with Crippen molar-refractivity contribution in [3.8, 4) is 0 Å². The van der Waals surface area contributed by atoms with E-state index in [1.807, 2.05) is 18.2 Å². The van der Waals surface area contributed by atoms with Gasteiger partial charge < -0.3 is 10.2 Å². The van der Waals surface area contributed by atoms with Crippen molar-refractivity contribution in [2.75, 3.05) is 12.3 Å². The maximum atomic E-state index is 13.6. The van der Waals surface area contributed by atoms with Gasteiger partial charge in [-0.15, -0.1) is 11.8 Å². The Morgan fingerprint density at radius 1 is 1.03 bits per heavy atom. The Balaban J connectivity index is 1.55. The van der Waals surface area contributed by atoms with Crippen LogP contribution < -0.4 is 5.32 Å². The van der Waals surface area contributed by atoms with Gasteiger partial charge in [0.2, 0.25) is 5.91 Å². The first-order chi connectivity index (χ1) is 17.5. The second-order valence-corrected chi connectivity index (χ2v) is 12.0. The molecule has 2 amide bonds. The van der Waals surface area contributed by atoms with Crippen LogP contribution in [0.2, 0.25) is 10.0 Å². The molecule has 1 saturated heterocycles. The molecule has 2 unspecified atom stereocenters. The van der Waals surface area contributed by atoms with Crippen LogP contribution in [0.1, 0.15) is 53.2 Å². The molecule has 8 heteroatoms. The lowest BCUT2D eigenvalue weighted by Crippen LogP contribution is -2.48. The van der Waals surface area contributed by atoms with Gasteiger partial charge in [0.25, 0.3) is 5.91 Å². The van der Waals surface area contributed by atoms with E-state index >= 15 is 0 Å². The van der Waals surface area contributed by atoms with Gasteiger partial charge in [0.15, 0.2) is 0 Å². The van der Waals surface area contributed by atoms with Gasteiger partial charge in [0, 0.05) is 27.9 Å². The second kappa shape index (κ2) is 11.5. The van der Waals surface area contributed by atoms with E-state index in [0.717, 1.165) is 11.1 Å². The van der Waals surface area contributed by atoms with Crippen molar-refractivity contribution in [3.63, 3.8) is 0 Å². The number of carbonyl (C=O) groups is 2. The number of carbonyl (C=O) groups excluding carboxylic acids is 2.